The smallest absolute Gasteiger partial charge is 0.343 e. The highest BCUT2D eigenvalue weighted by Gasteiger charge is 2.28. The maximum absolute atomic E-state index is 13.0. The summed E-state index contributed by atoms with van der Waals surface area (Å²) in [6, 6.07) is 3.61. The normalized spacial score (nSPS) is 17.3. The van der Waals surface area contributed by atoms with Crippen molar-refractivity contribution in [3.05, 3.63) is 41.9 Å². The number of anilines is 1. The number of likely N-dealkylation sites (tertiary alicyclic amines) is 1. The Bertz CT molecular complexity index is 790. The number of hydrogen-bond donors (Lipinski definition) is 1. The first-order chi connectivity index (χ1) is 13.1. The largest absolute Gasteiger partial charge is 0.462 e. The van der Waals surface area contributed by atoms with Gasteiger partial charge in [0.15, 0.2) is 5.82 Å². The van der Waals surface area contributed by atoms with Gasteiger partial charge in [0.25, 0.3) is 0 Å². The number of pyridine rings is 1. The van der Waals surface area contributed by atoms with Crippen LogP contribution in [0.1, 0.15) is 54.6 Å². The molecule has 27 heavy (non-hydrogen) atoms. The maximum Gasteiger partial charge on any atom is 0.343 e. The molecule has 2 aromatic rings. The van der Waals surface area contributed by atoms with Crippen molar-refractivity contribution in [1.29, 1.82) is 0 Å². The van der Waals surface area contributed by atoms with Gasteiger partial charge >= 0.3 is 12.0 Å². The number of ether oxygens (including phenoxy) is 1. The molecule has 2 aromatic heterocycles. The molecule has 0 aromatic carbocycles. The number of carbonyl (C=O) groups is 2. The van der Waals surface area contributed by atoms with Crippen LogP contribution in [0.4, 0.5) is 10.6 Å². The Hall–Kier alpha value is -2.90. The summed E-state index contributed by atoms with van der Waals surface area (Å²) in [5.74, 6) is -0.277. The van der Waals surface area contributed by atoms with Gasteiger partial charge in [0, 0.05) is 32.2 Å². The quantitative estimate of drug-likeness (QED) is 0.834. The van der Waals surface area contributed by atoms with Crippen molar-refractivity contribution in [2.24, 2.45) is 7.05 Å². The molecule has 0 radical (unpaired) electrons. The monoisotopic (exact) mass is 371 g/mol. The van der Waals surface area contributed by atoms with E-state index in [2.05, 4.69) is 15.4 Å². The van der Waals surface area contributed by atoms with Crippen LogP contribution in [0.15, 0.2) is 30.7 Å². The van der Waals surface area contributed by atoms with Crippen molar-refractivity contribution >= 4 is 17.8 Å². The highest BCUT2D eigenvalue weighted by molar-refractivity contribution is 5.99. The van der Waals surface area contributed by atoms with Gasteiger partial charge in [0.05, 0.1) is 12.6 Å². The van der Waals surface area contributed by atoms with Gasteiger partial charge in [-0.3, -0.25) is 15.0 Å². The Morgan fingerprint density at radius 3 is 2.78 bits per heavy atom. The van der Waals surface area contributed by atoms with Gasteiger partial charge in [-0.05, 0) is 37.5 Å². The molecule has 1 aliphatic rings. The standard InChI is InChI=1S/C19H25N5O3/c1-3-27-18(25)15-13-23(2)22-17(15)21-19(26)24-12-6-4-5-7-16(24)14-8-10-20-11-9-14/h8-11,13,16H,3-7,12H2,1-2H3,(H,21,22,26)/t16-/m1/s1. The summed E-state index contributed by atoms with van der Waals surface area (Å²) in [4.78, 5) is 31.1. The zero-order valence-corrected chi connectivity index (χ0v) is 15.7. The van der Waals surface area contributed by atoms with Crippen molar-refractivity contribution in [2.45, 2.75) is 38.6 Å². The molecule has 0 aliphatic carbocycles. The molecule has 8 nitrogen and oxygen atoms in total. The number of esters is 1. The first-order valence-electron chi connectivity index (χ1n) is 9.28. The summed E-state index contributed by atoms with van der Waals surface area (Å²) in [6.07, 6.45) is 9.03. The number of carbonyl (C=O) groups excluding carboxylic acids is 2. The Kier molecular flexibility index (Phi) is 6.05. The first-order valence-corrected chi connectivity index (χ1v) is 9.28. The number of rotatable bonds is 4. The minimum atomic E-state index is -0.498. The molecule has 3 rings (SSSR count). The molecular weight excluding hydrogens is 346 g/mol. The second-order valence-corrected chi connectivity index (χ2v) is 6.55. The van der Waals surface area contributed by atoms with Crippen LogP contribution in [0.5, 0.6) is 0 Å². The van der Waals surface area contributed by atoms with Gasteiger partial charge in [0.1, 0.15) is 5.56 Å². The van der Waals surface area contributed by atoms with Crippen LogP contribution in [-0.4, -0.2) is 44.8 Å². The van der Waals surface area contributed by atoms with Crippen LogP contribution in [0.3, 0.4) is 0 Å². The molecule has 0 unspecified atom stereocenters. The summed E-state index contributed by atoms with van der Waals surface area (Å²) in [5.41, 5.74) is 1.32. The molecule has 0 spiro atoms. The second-order valence-electron chi connectivity index (χ2n) is 6.55. The molecule has 144 valence electrons. The molecule has 1 fully saturated rings. The van der Waals surface area contributed by atoms with Gasteiger partial charge in [0.2, 0.25) is 0 Å². The number of aromatic nitrogens is 3. The lowest BCUT2D eigenvalue weighted by molar-refractivity contribution is 0.0527. The average molecular weight is 371 g/mol. The van der Waals surface area contributed by atoms with Crippen molar-refractivity contribution < 1.29 is 14.3 Å². The number of aryl methyl sites for hydroxylation is 1. The van der Waals surface area contributed by atoms with Gasteiger partial charge in [-0.1, -0.05) is 12.8 Å². The summed E-state index contributed by atoms with van der Waals surface area (Å²) in [5, 5.41) is 7.02. The lowest BCUT2D eigenvalue weighted by atomic mass is 10.0. The third-order valence-corrected chi connectivity index (χ3v) is 4.65. The first kappa shape index (κ1) is 18.9. The van der Waals surface area contributed by atoms with E-state index >= 15 is 0 Å². The van der Waals surface area contributed by atoms with Crippen LogP contribution in [-0.2, 0) is 11.8 Å². The third kappa shape index (κ3) is 4.45. The fraction of sp³-hybridized carbons (Fsp3) is 0.474. The Balaban J connectivity index is 1.82. The fourth-order valence-corrected chi connectivity index (χ4v) is 3.40. The highest BCUT2D eigenvalue weighted by Crippen LogP contribution is 2.30. The van der Waals surface area contributed by atoms with E-state index in [-0.39, 0.29) is 30.1 Å². The molecule has 1 saturated heterocycles. The summed E-state index contributed by atoms with van der Waals surface area (Å²) >= 11 is 0. The number of urea groups is 1. The SMILES string of the molecule is CCOC(=O)c1cn(C)nc1NC(=O)N1CCCCC[C@@H]1c1ccncc1. The van der Waals surface area contributed by atoms with Crippen LogP contribution in [0.2, 0.25) is 0 Å². The maximum atomic E-state index is 13.0. The lowest BCUT2D eigenvalue weighted by Gasteiger charge is -2.30. The number of nitrogens with one attached hydrogen (secondary N) is 1. The minimum absolute atomic E-state index is 0.0229. The molecule has 1 aliphatic heterocycles. The molecule has 2 amide bonds. The van der Waals surface area contributed by atoms with Crippen LogP contribution < -0.4 is 5.32 Å². The Morgan fingerprint density at radius 2 is 2.04 bits per heavy atom. The summed E-state index contributed by atoms with van der Waals surface area (Å²) in [7, 11) is 1.70. The number of nitrogens with zero attached hydrogens (tertiary/aromatic N) is 4. The lowest BCUT2D eigenvalue weighted by Crippen LogP contribution is -2.38. The van der Waals surface area contributed by atoms with Crippen LogP contribution in [0.25, 0.3) is 0 Å². The van der Waals surface area contributed by atoms with E-state index in [1.165, 1.54) is 4.68 Å². The van der Waals surface area contributed by atoms with E-state index in [0.29, 0.717) is 6.54 Å². The van der Waals surface area contributed by atoms with Crippen LogP contribution in [0, 0.1) is 0 Å². The molecule has 1 N–H and O–H groups in total. The zero-order chi connectivity index (χ0) is 19.2. The molecule has 0 bridgehead atoms. The fourth-order valence-electron chi connectivity index (χ4n) is 3.40. The minimum Gasteiger partial charge on any atom is -0.462 e. The van der Waals surface area contributed by atoms with Crippen molar-refractivity contribution in [1.82, 2.24) is 19.7 Å². The predicted molar refractivity (Wildman–Crippen MR) is 100 cm³/mol. The Morgan fingerprint density at radius 1 is 1.26 bits per heavy atom. The van der Waals surface area contributed by atoms with Gasteiger partial charge in [-0.2, -0.15) is 5.10 Å². The molecule has 0 saturated carbocycles. The van der Waals surface area contributed by atoms with E-state index in [4.69, 9.17) is 4.74 Å². The second kappa shape index (κ2) is 8.66. The number of hydrogen-bond acceptors (Lipinski definition) is 5. The molecule has 8 heteroatoms. The van der Waals surface area contributed by atoms with Gasteiger partial charge < -0.3 is 9.64 Å². The topological polar surface area (TPSA) is 89.3 Å². The molecular formula is C19H25N5O3. The van der Waals surface area contributed by atoms with E-state index in [1.807, 2.05) is 17.0 Å². The number of amides is 2. The van der Waals surface area contributed by atoms with Gasteiger partial charge in [-0.25, -0.2) is 9.59 Å². The van der Waals surface area contributed by atoms with Crippen molar-refractivity contribution in [3.8, 4) is 0 Å². The van der Waals surface area contributed by atoms with E-state index in [0.717, 1.165) is 31.2 Å². The van der Waals surface area contributed by atoms with Crippen molar-refractivity contribution in [2.75, 3.05) is 18.5 Å². The summed E-state index contributed by atoms with van der Waals surface area (Å²) in [6.45, 7) is 2.65. The molecule has 3 heterocycles. The van der Waals surface area contributed by atoms with E-state index in [1.54, 1.807) is 32.6 Å². The van der Waals surface area contributed by atoms with E-state index < -0.39 is 5.97 Å². The zero-order valence-electron chi connectivity index (χ0n) is 15.7. The van der Waals surface area contributed by atoms with E-state index in [9.17, 15) is 9.59 Å². The third-order valence-electron chi connectivity index (χ3n) is 4.65. The predicted octanol–water partition coefficient (Wildman–Crippen LogP) is 3.14. The molecule has 1 atom stereocenters. The summed E-state index contributed by atoms with van der Waals surface area (Å²) < 4.78 is 6.55. The Labute approximate surface area is 158 Å². The van der Waals surface area contributed by atoms with Crippen molar-refractivity contribution in [3.63, 3.8) is 0 Å². The highest BCUT2D eigenvalue weighted by atomic mass is 16.5. The van der Waals surface area contributed by atoms with Gasteiger partial charge in [-0.15, -0.1) is 0 Å². The average Bonchev–Trinajstić information content (AvgIpc) is 2.88. The van der Waals surface area contributed by atoms with Crippen LogP contribution >= 0.6 is 0 Å².